The molecule has 0 saturated carbocycles. The molecule has 0 bridgehead atoms. The summed E-state index contributed by atoms with van der Waals surface area (Å²) in [5.74, 6) is -0.339. The van der Waals surface area contributed by atoms with Crippen LogP contribution in [0.25, 0.3) is 0 Å². The average molecular weight is 190 g/mol. The summed E-state index contributed by atoms with van der Waals surface area (Å²) in [6.45, 7) is 0.727. The number of ether oxygens (including phenoxy) is 1. The first-order valence-corrected chi connectivity index (χ1v) is 4.30. The van der Waals surface area contributed by atoms with E-state index in [0.29, 0.717) is 5.56 Å². The lowest BCUT2D eigenvalue weighted by Gasteiger charge is -2.12. The van der Waals surface area contributed by atoms with Gasteiger partial charge in [0.05, 0.1) is 30.6 Å². The van der Waals surface area contributed by atoms with Crippen LogP contribution in [0.2, 0.25) is 0 Å². The fourth-order valence-corrected chi connectivity index (χ4v) is 1.33. The summed E-state index contributed by atoms with van der Waals surface area (Å²) < 4.78 is 4.62. The fourth-order valence-electron chi connectivity index (χ4n) is 1.33. The molecule has 1 heterocycles. The number of aliphatic imine (C=N–C) groups is 1. The molecule has 0 amide bonds. The SMILES string of the molecule is COC(=O)c1ccc2c(c1)N=CCN2. The average Bonchev–Trinajstić information content (AvgIpc) is 2.27. The monoisotopic (exact) mass is 190 g/mol. The quantitative estimate of drug-likeness (QED) is 0.684. The van der Waals surface area contributed by atoms with Gasteiger partial charge in [-0.1, -0.05) is 0 Å². The number of methoxy groups -OCH3 is 1. The van der Waals surface area contributed by atoms with Gasteiger partial charge in [0.1, 0.15) is 0 Å². The molecule has 1 N–H and O–H groups in total. The molecule has 0 aliphatic carbocycles. The number of hydrogen-bond acceptors (Lipinski definition) is 4. The van der Waals surface area contributed by atoms with Crippen LogP contribution in [0.3, 0.4) is 0 Å². The van der Waals surface area contributed by atoms with Crippen molar-refractivity contribution in [2.45, 2.75) is 0 Å². The molecule has 0 fully saturated rings. The summed E-state index contributed by atoms with van der Waals surface area (Å²) in [6.07, 6.45) is 1.77. The Hall–Kier alpha value is -1.84. The van der Waals surface area contributed by atoms with Crippen LogP contribution in [0.5, 0.6) is 0 Å². The number of benzene rings is 1. The number of nitrogens with zero attached hydrogens (tertiary/aromatic N) is 1. The molecule has 0 aromatic heterocycles. The molecule has 0 spiro atoms. The van der Waals surface area contributed by atoms with Crippen molar-refractivity contribution in [3.05, 3.63) is 23.8 Å². The molecule has 14 heavy (non-hydrogen) atoms. The summed E-state index contributed by atoms with van der Waals surface area (Å²) in [7, 11) is 1.36. The maximum absolute atomic E-state index is 11.2. The smallest absolute Gasteiger partial charge is 0.337 e. The van der Waals surface area contributed by atoms with Crippen molar-refractivity contribution >= 4 is 23.6 Å². The van der Waals surface area contributed by atoms with E-state index in [9.17, 15) is 4.79 Å². The Bertz CT molecular complexity index is 399. The van der Waals surface area contributed by atoms with Crippen LogP contribution in [-0.2, 0) is 4.74 Å². The summed E-state index contributed by atoms with van der Waals surface area (Å²) in [6, 6.07) is 5.26. The Morgan fingerprint density at radius 1 is 1.57 bits per heavy atom. The van der Waals surface area contributed by atoms with E-state index >= 15 is 0 Å². The van der Waals surface area contributed by atoms with Crippen LogP contribution in [0.15, 0.2) is 23.2 Å². The Balaban J connectivity index is 2.40. The first kappa shape index (κ1) is 8.74. The highest BCUT2D eigenvalue weighted by atomic mass is 16.5. The summed E-state index contributed by atoms with van der Waals surface area (Å²) in [5, 5.41) is 3.15. The molecule has 1 aromatic carbocycles. The Morgan fingerprint density at radius 2 is 2.43 bits per heavy atom. The zero-order valence-electron chi connectivity index (χ0n) is 7.78. The third-order valence-corrected chi connectivity index (χ3v) is 2.03. The molecule has 4 nitrogen and oxygen atoms in total. The van der Waals surface area contributed by atoms with Gasteiger partial charge in [-0.05, 0) is 18.2 Å². The van der Waals surface area contributed by atoms with Gasteiger partial charge in [0.15, 0.2) is 0 Å². The van der Waals surface area contributed by atoms with Gasteiger partial charge >= 0.3 is 5.97 Å². The van der Waals surface area contributed by atoms with Gasteiger partial charge in [0.2, 0.25) is 0 Å². The van der Waals surface area contributed by atoms with Gasteiger partial charge < -0.3 is 10.1 Å². The maximum Gasteiger partial charge on any atom is 0.337 e. The first-order valence-electron chi connectivity index (χ1n) is 4.30. The second-order valence-corrected chi connectivity index (χ2v) is 2.92. The minimum absolute atomic E-state index is 0.339. The van der Waals surface area contributed by atoms with Crippen molar-refractivity contribution in [1.82, 2.24) is 0 Å². The number of hydrogen-bond donors (Lipinski definition) is 1. The number of fused-ring (bicyclic) bond motifs is 1. The minimum Gasteiger partial charge on any atom is -0.465 e. The zero-order chi connectivity index (χ0) is 9.97. The van der Waals surface area contributed by atoms with Crippen LogP contribution in [-0.4, -0.2) is 25.8 Å². The number of rotatable bonds is 1. The van der Waals surface area contributed by atoms with Crippen molar-refractivity contribution < 1.29 is 9.53 Å². The van der Waals surface area contributed by atoms with E-state index in [1.165, 1.54) is 7.11 Å². The van der Waals surface area contributed by atoms with E-state index < -0.39 is 0 Å². The first-order chi connectivity index (χ1) is 6.81. The highest BCUT2D eigenvalue weighted by Crippen LogP contribution is 2.27. The van der Waals surface area contributed by atoms with Gasteiger partial charge in [-0.2, -0.15) is 0 Å². The molecule has 0 atom stereocenters. The molecule has 2 rings (SSSR count). The van der Waals surface area contributed by atoms with Crippen LogP contribution < -0.4 is 5.32 Å². The van der Waals surface area contributed by atoms with E-state index in [4.69, 9.17) is 0 Å². The highest BCUT2D eigenvalue weighted by molar-refractivity contribution is 5.93. The molecule has 0 unspecified atom stereocenters. The molecule has 1 aromatic rings. The van der Waals surface area contributed by atoms with Crippen molar-refractivity contribution in [3.8, 4) is 0 Å². The van der Waals surface area contributed by atoms with Crippen LogP contribution in [0.4, 0.5) is 11.4 Å². The molecular weight excluding hydrogens is 180 g/mol. The van der Waals surface area contributed by atoms with E-state index in [1.54, 1.807) is 18.3 Å². The second-order valence-electron chi connectivity index (χ2n) is 2.92. The van der Waals surface area contributed by atoms with Crippen LogP contribution in [0, 0.1) is 0 Å². The number of carbonyl (C=O) groups is 1. The van der Waals surface area contributed by atoms with E-state index in [2.05, 4.69) is 15.0 Å². The highest BCUT2D eigenvalue weighted by Gasteiger charge is 2.10. The molecule has 0 radical (unpaired) electrons. The van der Waals surface area contributed by atoms with Gasteiger partial charge in [-0.3, -0.25) is 4.99 Å². The lowest BCUT2D eigenvalue weighted by atomic mass is 10.1. The molecular formula is C10H10N2O2. The van der Waals surface area contributed by atoms with Crippen molar-refractivity contribution in [3.63, 3.8) is 0 Å². The molecule has 1 aliphatic heterocycles. The van der Waals surface area contributed by atoms with Gasteiger partial charge in [0, 0.05) is 6.21 Å². The number of nitrogens with one attached hydrogen (secondary N) is 1. The second kappa shape index (κ2) is 3.49. The number of esters is 1. The topological polar surface area (TPSA) is 50.7 Å². The van der Waals surface area contributed by atoms with Crippen LogP contribution >= 0.6 is 0 Å². The fraction of sp³-hybridized carbons (Fsp3) is 0.200. The molecule has 1 aliphatic rings. The number of carbonyl (C=O) groups excluding carboxylic acids is 1. The molecule has 4 heteroatoms. The molecule has 72 valence electrons. The van der Waals surface area contributed by atoms with E-state index in [1.807, 2.05) is 6.07 Å². The minimum atomic E-state index is -0.339. The third kappa shape index (κ3) is 1.46. The summed E-state index contributed by atoms with van der Waals surface area (Å²) in [4.78, 5) is 15.4. The van der Waals surface area contributed by atoms with Gasteiger partial charge in [-0.25, -0.2) is 4.79 Å². The largest absolute Gasteiger partial charge is 0.465 e. The molecule has 0 saturated heterocycles. The Labute approximate surface area is 81.6 Å². The van der Waals surface area contributed by atoms with Crippen molar-refractivity contribution in [2.24, 2.45) is 4.99 Å². The summed E-state index contributed by atoms with van der Waals surface area (Å²) in [5.41, 5.74) is 2.24. The zero-order valence-corrected chi connectivity index (χ0v) is 7.78. The third-order valence-electron chi connectivity index (χ3n) is 2.03. The Kier molecular flexibility index (Phi) is 2.18. The predicted molar refractivity (Wildman–Crippen MR) is 54.4 cm³/mol. The van der Waals surface area contributed by atoms with Crippen molar-refractivity contribution in [2.75, 3.05) is 19.0 Å². The Morgan fingerprint density at radius 3 is 3.21 bits per heavy atom. The lowest BCUT2D eigenvalue weighted by molar-refractivity contribution is 0.0601. The predicted octanol–water partition coefficient (Wildman–Crippen LogP) is 1.60. The number of anilines is 1. The standard InChI is InChI=1S/C10H10N2O2/c1-14-10(13)7-2-3-8-9(6-7)12-5-4-11-8/h2-3,5-6,11H,4H2,1H3. The normalized spacial score (nSPS) is 12.9. The maximum atomic E-state index is 11.2. The van der Waals surface area contributed by atoms with Crippen molar-refractivity contribution in [1.29, 1.82) is 0 Å². The van der Waals surface area contributed by atoms with E-state index in [-0.39, 0.29) is 5.97 Å². The lowest BCUT2D eigenvalue weighted by Crippen LogP contribution is -2.08. The van der Waals surface area contributed by atoms with Gasteiger partial charge in [-0.15, -0.1) is 0 Å². The van der Waals surface area contributed by atoms with Crippen LogP contribution in [0.1, 0.15) is 10.4 Å². The van der Waals surface area contributed by atoms with Gasteiger partial charge in [0.25, 0.3) is 0 Å². The van der Waals surface area contributed by atoms with E-state index in [0.717, 1.165) is 17.9 Å². The summed E-state index contributed by atoms with van der Waals surface area (Å²) >= 11 is 0.